The van der Waals surface area contributed by atoms with Crippen molar-refractivity contribution in [3.63, 3.8) is 0 Å². The molecule has 1 aromatic carbocycles. The predicted octanol–water partition coefficient (Wildman–Crippen LogP) is 2.05. The molecule has 0 aliphatic carbocycles. The van der Waals surface area contributed by atoms with Gasteiger partial charge in [0.05, 0.1) is 14.9 Å². The van der Waals surface area contributed by atoms with Gasteiger partial charge in [-0.25, -0.2) is 8.42 Å². The molecule has 5 nitrogen and oxygen atoms in total. The molecule has 0 aromatic heterocycles. The maximum atomic E-state index is 11.1. The quantitative estimate of drug-likeness (QED) is 0.857. The fraction of sp³-hybridized carbons (Fsp3) is 0.222. The Kier molecular flexibility index (Phi) is 5.10. The van der Waals surface area contributed by atoms with Gasteiger partial charge in [0.1, 0.15) is 0 Å². The molecule has 0 radical (unpaired) electrons. The van der Waals surface area contributed by atoms with Gasteiger partial charge in [0, 0.05) is 17.7 Å². The third-order valence-corrected chi connectivity index (χ3v) is 3.77. The van der Waals surface area contributed by atoms with Crippen LogP contribution in [0, 0.1) is 0 Å². The van der Waals surface area contributed by atoms with Gasteiger partial charge in [-0.15, -0.1) is 0 Å². The van der Waals surface area contributed by atoms with Gasteiger partial charge in [-0.3, -0.25) is 4.79 Å². The lowest BCUT2D eigenvalue weighted by molar-refractivity contribution is -0.122. The van der Waals surface area contributed by atoms with Gasteiger partial charge >= 0.3 is 0 Å². The van der Waals surface area contributed by atoms with Gasteiger partial charge in [0.15, 0.2) is 12.4 Å². The zero-order chi connectivity index (χ0) is 13.9. The van der Waals surface area contributed by atoms with Crippen LogP contribution in [0.25, 0.3) is 0 Å². The topological polar surface area (TPSA) is 72.5 Å². The van der Waals surface area contributed by atoms with Crippen LogP contribution < -0.4 is 10.1 Å². The molecule has 1 aromatic rings. The summed E-state index contributed by atoms with van der Waals surface area (Å²) in [6.07, 6.45) is 0. The Morgan fingerprint density at radius 2 is 1.83 bits per heavy atom. The molecular formula is C9H8Cl3NO4S. The van der Waals surface area contributed by atoms with Crippen LogP contribution in [0.4, 0.5) is 0 Å². The van der Waals surface area contributed by atoms with Crippen molar-refractivity contribution in [2.24, 2.45) is 0 Å². The van der Waals surface area contributed by atoms with E-state index in [9.17, 15) is 13.2 Å². The van der Waals surface area contributed by atoms with Crippen LogP contribution >= 0.6 is 33.9 Å². The second kappa shape index (κ2) is 5.97. The molecule has 1 amide bonds. The number of carbonyl (C=O) groups is 1. The molecule has 0 saturated carbocycles. The van der Waals surface area contributed by atoms with Crippen molar-refractivity contribution in [1.29, 1.82) is 0 Å². The van der Waals surface area contributed by atoms with E-state index in [0.29, 0.717) is 0 Å². The molecule has 0 atom stereocenters. The Morgan fingerprint density at radius 3 is 2.22 bits per heavy atom. The molecule has 1 N–H and O–H groups in total. The molecule has 0 unspecified atom stereocenters. The zero-order valence-electron chi connectivity index (χ0n) is 9.04. The lowest BCUT2D eigenvalue weighted by Crippen LogP contribution is -2.25. The van der Waals surface area contributed by atoms with E-state index < -0.39 is 9.05 Å². The van der Waals surface area contributed by atoms with Crippen molar-refractivity contribution in [1.82, 2.24) is 5.32 Å². The van der Waals surface area contributed by atoms with E-state index in [2.05, 4.69) is 5.32 Å². The Balaban J connectivity index is 3.06. The van der Waals surface area contributed by atoms with Crippen LogP contribution in [0.1, 0.15) is 0 Å². The van der Waals surface area contributed by atoms with Crippen molar-refractivity contribution in [3.8, 4) is 5.75 Å². The van der Waals surface area contributed by atoms with Crippen molar-refractivity contribution < 1.29 is 17.9 Å². The standard InChI is InChI=1S/C9H8Cl3NO4S/c1-13-8(14)4-17-9-6(10)2-5(3-7(9)11)18(12,15)16/h2-3H,4H2,1H3,(H,13,14). The summed E-state index contributed by atoms with van der Waals surface area (Å²) in [4.78, 5) is 10.8. The molecule has 0 bridgehead atoms. The summed E-state index contributed by atoms with van der Waals surface area (Å²) in [5.41, 5.74) is 0. The molecule has 1 rings (SSSR count). The molecule has 9 heteroatoms. The van der Waals surface area contributed by atoms with Gasteiger partial charge in [0.25, 0.3) is 15.0 Å². The number of rotatable bonds is 4. The third-order valence-electron chi connectivity index (χ3n) is 1.88. The predicted molar refractivity (Wildman–Crippen MR) is 69.1 cm³/mol. The van der Waals surface area contributed by atoms with E-state index in [0.717, 1.165) is 12.1 Å². The molecule has 18 heavy (non-hydrogen) atoms. The van der Waals surface area contributed by atoms with Gasteiger partial charge in [-0.1, -0.05) is 23.2 Å². The maximum Gasteiger partial charge on any atom is 0.261 e. The normalized spacial score (nSPS) is 11.1. The number of nitrogens with one attached hydrogen (secondary N) is 1. The SMILES string of the molecule is CNC(=O)COc1c(Cl)cc(S(=O)(=O)Cl)cc1Cl. The largest absolute Gasteiger partial charge is 0.481 e. The minimum Gasteiger partial charge on any atom is -0.481 e. The Morgan fingerprint density at radius 1 is 1.33 bits per heavy atom. The molecule has 0 heterocycles. The summed E-state index contributed by atoms with van der Waals surface area (Å²) in [6, 6.07) is 2.18. The highest BCUT2D eigenvalue weighted by molar-refractivity contribution is 8.13. The summed E-state index contributed by atoms with van der Waals surface area (Å²) in [7, 11) is 2.67. The average molecular weight is 333 g/mol. The highest BCUT2D eigenvalue weighted by Crippen LogP contribution is 2.36. The van der Waals surface area contributed by atoms with E-state index in [4.69, 9.17) is 38.6 Å². The molecule has 0 aliphatic heterocycles. The molecule has 0 saturated heterocycles. The third kappa shape index (κ3) is 3.91. The molecule has 0 aliphatic rings. The van der Waals surface area contributed by atoms with Gasteiger partial charge in [0.2, 0.25) is 0 Å². The summed E-state index contributed by atoms with van der Waals surface area (Å²) in [5, 5.41) is 2.24. The molecule has 100 valence electrons. The summed E-state index contributed by atoms with van der Waals surface area (Å²) in [6.45, 7) is -0.289. The number of likely N-dealkylation sites (N-methyl/N-ethyl adjacent to an activating group) is 1. The first-order valence-corrected chi connectivity index (χ1v) is 7.59. The number of halogens is 3. The number of benzene rings is 1. The second-order valence-electron chi connectivity index (χ2n) is 3.12. The van der Waals surface area contributed by atoms with Crippen LogP contribution in [0.15, 0.2) is 17.0 Å². The number of hydrogen-bond acceptors (Lipinski definition) is 4. The summed E-state index contributed by atoms with van der Waals surface area (Å²) in [5.74, 6) is -0.359. The fourth-order valence-corrected chi connectivity index (χ4v) is 2.54. The van der Waals surface area contributed by atoms with Crippen LogP contribution in [0.5, 0.6) is 5.75 Å². The zero-order valence-corrected chi connectivity index (χ0v) is 12.1. The minimum absolute atomic E-state index is 0.0194. The molecule has 0 fully saturated rings. The number of carbonyl (C=O) groups excluding carboxylic acids is 1. The highest BCUT2D eigenvalue weighted by Gasteiger charge is 2.17. The first-order chi connectivity index (χ1) is 8.25. The van der Waals surface area contributed by atoms with Crippen LogP contribution in [-0.2, 0) is 13.8 Å². The average Bonchev–Trinajstić information content (AvgIpc) is 2.26. The maximum absolute atomic E-state index is 11.1. The van der Waals surface area contributed by atoms with Gasteiger partial charge in [-0.2, -0.15) is 0 Å². The van der Waals surface area contributed by atoms with E-state index in [1.165, 1.54) is 7.05 Å². The summed E-state index contributed by atoms with van der Waals surface area (Å²) < 4.78 is 27.3. The van der Waals surface area contributed by atoms with Crippen molar-refractivity contribution >= 4 is 48.8 Å². The van der Waals surface area contributed by atoms with Gasteiger partial charge in [-0.05, 0) is 12.1 Å². The van der Waals surface area contributed by atoms with E-state index >= 15 is 0 Å². The fourth-order valence-electron chi connectivity index (χ4n) is 1.03. The van der Waals surface area contributed by atoms with E-state index in [-0.39, 0.29) is 33.2 Å². The number of ether oxygens (including phenoxy) is 1. The van der Waals surface area contributed by atoms with Gasteiger partial charge < -0.3 is 10.1 Å². The van der Waals surface area contributed by atoms with Crippen LogP contribution in [-0.4, -0.2) is 28.0 Å². The van der Waals surface area contributed by atoms with E-state index in [1.54, 1.807) is 0 Å². The first-order valence-electron chi connectivity index (χ1n) is 4.52. The first kappa shape index (κ1) is 15.4. The molecule has 0 spiro atoms. The number of hydrogen-bond donors (Lipinski definition) is 1. The van der Waals surface area contributed by atoms with Crippen LogP contribution in [0.2, 0.25) is 10.0 Å². The smallest absolute Gasteiger partial charge is 0.261 e. The van der Waals surface area contributed by atoms with Crippen LogP contribution in [0.3, 0.4) is 0 Å². The Labute approximate surface area is 118 Å². The molecular weight excluding hydrogens is 325 g/mol. The highest BCUT2D eigenvalue weighted by atomic mass is 35.7. The monoisotopic (exact) mass is 331 g/mol. The second-order valence-corrected chi connectivity index (χ2v) is 6.50. The summed E-state index contributed by atoms with van der Waals surface area (Å²) >= 11 is 11.6. The Bertz CT molecular complexity index is 550. The minimum atomic E-state index is -3.93. The lowest BCUT2D eigenvalue weighted by Gasteiger charge is -2.10. The van der Waals surface area contributed by atoms with Crippen molar-refractivity contribution in [2.45, 2.75) is 4.90 Å². The lowest BCUT2D eigenvalue weighted by atomic mass is 10.3. The van der Waals surface area contributed by atoms with Crippen molar-refractivity contribution in [2.75, 3.05) is 13.7 Å². The van der Waals surface area contributed by atoms with E-state index in [1.807, 2.05) is 0 Å². The number of amides is 1. The van der Waals surface area contributed by atoms with Crippen molar-refractivity contribution in [3.05, 3.63) is 22.2 Å². The Hall–Kier alpha value is -0.690.